The number of benzene rings is 3. The fraction of sp³-hybridized carbons (Fsp3) is 0.310. The zero-order chi connectivity index (χ0) is 26.3. The van der Waals surface area contributed by atoms with Crippen molar-refractivity contribution < 1.29 is 23.8 Å². The Morgan fingerprint density at radius 2 is 1.76 bits per heavy atom. The lowest BCUT2D eigenvalue weighted by Crippen LogP contribution is -2.52. The zero-order valence-electron chi connectivity index (χ0n) is 20.6. The van der Waals surface area contributed by atoms with Crippen molar-refractivity contribution in [1.82, 2.24) is 5.32 Å². The Morgan fingerprint density at radius 3 is 2.43 bits per heavy atom. The Bertz CT molecular complexity index is 1220. The normalized spacial score (nSPS) is 18.7. The van der Waals surface area contributed by atoms with E-state index in [0.717, 1.165) is 21.2 Å². The highest BCUT2D eigenvalue weighted by Crippen LogP contribution is 2.33. The van der Waals surface area contributed by atoms with Crippen LogP contribution in [0.4, 0.5) is 4.39 Å². The van der Waals surface area contributed by atoms with Crippen LogP contribution >= 0.6 is 15.9 Å². The molecule has 6 nitrogen and oxygen atoms in total. The summed E-state index contributed by atoms with van der Waals surface area (Å²) in [5.74, 6) is 0.581. The number of carbonyl (C=O) groups is 1. The summed E-state index contributed by atoms with van der Waals surface area (Å²) in [5.41, 5.74) is 1.50. The van der Waals surface area contributed by atoms with E-state index in [4.69, 9.17) is 19.6 Å². The molecule has 2 atom stereocenters. The van der Waals surface area contributed by atoms with Crippen molar-refractivity contribution in [2.45, 2.75) is 37.8 Å². The van der Waals surface area contributed by atoms with Gasteiger partial charge in [-0.3, -0.25) is 4.79 Å². The molecule has 1 amide bonds. The molecular formula is C29H30BrFN2O4. The van der Waals surface area contributed by atoms with Crippen molar-refractivity contribution in [1.29, 1.82) is 0 Å². The second kappa shape index (κ2) is 12.3. The summed E-state index contributed by atoms with van der Waals surface area (Å²) >= 11 is 3.46. The van der Waals surface area contributed by atoms with Gasteiger partial charge in [-0.25, -0.2) is 9.38 Å². The number of carbonyl (C=O) groups excluding carboxylic acids is 1. The number of nitrogens with one attached hydrogen (secondary N) is 1. The van der Waals surface area contributed by atoms with Crippen LogP contribution < -0.4 is 10.1 Å². The molecular weight excluding hydrogens is 539 g/mol. The van der Waals surface area contributed by atoms with E-state index in [0.29, 0.717) is 44.1 Å². The van der Waals surface area contributed by atoms with Crippen molar-refractivity contribution in [3.8, 4) is 5.75 Å². The maximum atomic E-state index is 13.7. The van der Waals surface area contributed by atoms with Crippen molar-refractivity contribution >= 4 is 27.7 Å². The van der Waals surface area contributed by atoms with E-state index >= 15 is 0 Å². The van der Waals surface area contributed by atoms with Crippen molar-refractivity contribution in [2.24, 2.45) is 4.99 Å². The van der Waals surface area contributed by atoms with Gasteiger partial charge in [0.05, 0.1) is 6.61 Å². The number of aliphatic hydroxyl groups excluding tert-OH is 1. The molecule has 2 N–H and O–H groups in total. The van der Waals surface area contributed by atoms with Gasteiger partial charge in [-0.2, -0.15) is 0 Å². The molecule has 0 fully saturated rings. The fourth-order valence-electron chi connectivity index (χ4n) is 4.18. The predicted octanol–water partition coefficient (Wildman–Crippen LogP) is 4.86. The van der Waals surface area contributed by atoms with Gasteiger partial charge in [0.25, 0.3) is 5.91 Å². The lowest BCUT2D eigenvalue weighted by Gasteiger charge is -2.28. The molecule has 194 valence electrons. The van der Waals surface area contributed by atoms with E-state index in [1.807, 2.05) is 55.5 Å². The highest BCUT2D eigenvalue weighted by Gasteiger charge is 2.50. The quantitative estimate of drug-likeness (QED) is 0.324. The van der Waals surface area contributed by atoms with Crippen LogP contribution in [0.25, 0.3) is 0 Å². The van der Waals surface area contributed by atoms with Gasteiger partial charge in [0.15, 0.2) is 5.54 Å². The average molecular weight is 569 g/mol. The van der Waals surface area contributed by atoms with Gasteiger partial charge in [0.1, 0.15) is 17.7 Å². The summed E-state index contributed by atoms with van der Waals surface area (Å²) in [4.78, 5) is 18.5. The molecule has 8 heteroatoms. The second-order valence-electron chi connectivity index (χ2n) is 8.99. The smallest absolute Gasteiger partial charge is 0.252 e. The number of halogens is 2. The van der Waals surface area contributed by atoms with Crippen LogP contribution in [0.15, 0.2) is 82.3 Å². The first kappa shape index (κ1) is 26.8. The van der Waals surface area contributed by atoms with Crippen LogP contribution in [-0.4, -0.2) is 48.3 Å². The Labute approximate surface area is 224 Å². The number of rotatable bonds is 11. The monoisotopic (exact) mass is 568 g/mol. The molecule has 0 saturated heterocycles. The lowest BCUT2D eigenvalue weighted by molar-refractivity contribution is -0.128. The Hall–Kier alpha value is -3.23. The summed E-state index contributed by atoms with van der Waals surface area (Å²) in [7, 11) is 0. The Kier molecular flexibility index (Phi) is 8.95. The van der Waals surface area contributed by atoms with Crippen molar-refractivity contribution in [2.75, 3.05) is 19.8 Å². The molecule has 3 aromatic carbocycles. The molecule has 1 aliphatic rings. The SMILES string of the molecule is C[C@H]1OC(c2ccc(OCCCO)cc2)=N[C@@]1(Cc1ccc(Br)cc1)C(=O)NCCc1ccc(F)cc1. The van der Waals surface area contributed by atoms with E-state index in [-0.39, 0.29) is 18.3 Å². The number of aliphatic hydroxyl groups is 1. The maximum absolute atomic E-state index is 13.7. The summed E-state index contributed by atoms with van der Waals surface area (Å²) in [5, 5.41) is 12.0. The van der Waals surface area contributed by atoms with Gasteiger partial charge in [-0.05, 0) is 73.0 Å². The van der Waals surface area contributed by atoms with E-state index in [1.165, 1.54) is 12.1 Å². The van der Waals surface area contributed by atoms with Crippen molar-refractivity contribution in [3.63, 3.8) is 0 Å². The largest absolute Gasteiger partial charge is 0.494 e. The zero-order valence-corrected chi connectivity index (χ0v) is 22.2. The minimum Gasteiger partial charge on any atom is -0.494 e. The molecule has 0 spiro atoms. The van der Waals surface area contributed by atoms with E-state index in [2.05, 4.69) is 21.2 Å². The first-order valence-electron chi connectivity index (χ1n) is 12.3. The molecule has 0 unspecified atom stereocenters. The summed E-state index contributed by atoms with van der Waals surface area (Å²) in [6.45, 7) is 2.76. The topological polar surface area (TPSA) is 80.2 Å². The fourth-order valence-corrected chi connectivity index (χ4v) is 4.45. The predicted molar refractivity (Wildman–Crippen MR) is 144 cm³/mol. The molecule has 1 aliphatic heterocycles. The molecule has 0 saturated carbocycles. The standard InChI is InChI=1S/C29H30BrFN2O4/c1-20-29(19-22-3-9-24(30)10-4-22,28(35)32-16-15-21-5-11-25(31)12-6-21)33-27(37-20)23-7-13-26(14-8-23)36-18-2-17-34/h3-14,20,34H,2,15-19H2,1H3,(H,32,35)/t20-,29-/m1/s1. The van der Waals surface area contributed by atoms with Crippen LogP contribution in [0.2, 0.25) is 0 Å². The third-order valence-corrected chi connectivity index (χ3v) is 6.86. The molecule has 1 heterocycles. The highest BCUT2D eigenvalue weighted by molar-refractivity contribution is 9.10. The number of nitrogens with zero attached hydrogens (tertiary/aromatic N) is 1. The number of hydrogen-bond acceptors (Lipinski definition) is 5. The van der Waals surface area contributed by atoms with Gasteiger partial charge in [0.2, 0.25) is 5.90 Å². The van der Waals surface area contributed by atoms with E-state index in [1.54, 1.807) is 12.1 Å². The van der Waals surface area contributed by atoms with Gasteiger partial charge >= 0.3 is 0 Å². The lowest BCUT2D eigenvalue weighted by atomic mass is 9.86. The number of hydrogen-bond donors (Lipinski definition) is 2. The summed E-state index contributed by atoms with van der Waals surface area (Å²) < 4.78 is 25.9. The minimum atomic E-state index is -1.15. The Balaban J connectivity index is 1.55. The van der Waals surface area contributed by atoms with E-state index < -0.39 is 11.6 Å². The molecule has 37 heavy (non-hydrogen) atoms. The average Bonchev–Trinajstić information content (AvgIpc) is 3.24. The minimum absolute atomic E-state index is 0.0764. The summed E-state index contributed by atoms with van der Waals surface area (Å²) in [6, 6.07) is 21.4. The molecule has 0 radical (unpaired) electrons. The second-order valence-corrected chi connectivity index (χ2v) is 9.90. The number of amides is 1. The molecule has 0 bridgehead atoms. The van der Waals surface area contributed by atoms with Crippen LogP contribution in [0.5, 0.6) is 5.75 Å². The van der Waals surface area contributed by atoms with Crippen LogP contribution in [0.1, 0.15) is 30.0 Å². The van der Waals surface area contributed by atoms with Crippen molar-refractivity contribution in [3.05, 3.63) is 99.8 Å². The molecule has 0 aromatic heterocycles. The molecule has 3 aromatic rings. The van der Waals surface area contributed by atoms with Gasteiger partial charge in [-0.1, -0.05) is 40.2 Å². The van der Waals surface area contributed by atoms with Gasteiger partial charge < -0.3 is 19.9 Å². The molecule has 4 rings (SSSR count). The number of aliphatic imine (C=N–C) groups is 1. The first-order valence-corrected chi connectivity index (χ1v) is 13.1. The van der Waals surface area contributed by atoms with Gasteiger partial charge in [0, 0.05) is 36.0 Å². The Morgan fingerprint density at radius 1 is 1.08 bits per heavy atom. The number of ether oxygens (including phenoxy) is 2. The molecule has 0 aliphatic carbocycles. The van der Waals surface area contributed by atoms with E-state index in [9.17, 15) is 9.18 Å². The van der Waals surface area contributed by atoms with Gasteiger partial charge in [-0.15, -0.1) is 0 Å². The summed E-state index contributed by atoms with van der Waals surface area (Å²) in [6.07, 6.45) is 1.00. The van der Waals surface area contributed by atoms with Crippen LogP contribution in [0.3, 0.4) is 0 Å². The van der Waals surface area contributed by atoms with Crippen LogP contribution in [-0.2, 0) is 22.4 Å². The maximum Gasteiger partial charge on any atom is 0.252 e. The highest BCUT2D eigenvalue weighted by atomic mass is 79.9. The third-order valence-electron chi connectivity index (χ3n) is 6.33. The van der Waals surface area contributed by atoms with Crippen LogP contribution in [0, 0.1) is 5.82 Å². The third kappa shape index (κ3) is 6.76. The first-order chi connectivity index (χ1) is 17.9.